The zero-order valence-corrected chi connectivity index (χ0v) is 13.4. The average Bonchev–Trinajstić information content (AvgIpc) is 2.74. The van der Waals surface area contributed by atoms with E-state index < -0.39 is 5.54 Å². The Hall–Kier alpha value is -1.06. The van der Waals surface area contributed by atoms with Gasteiger partial charge in [0.1, 0.15) is 5.54 Å². The lowest BCUT2D eigenvalue weighted by atomic mass is 9.80. The number of carbonyl (C=O) groups is 2. The molecule has 1 heterocycles. The van der Waals surface area contributed by atoms with Gasteiger partial charge in [-0.1, -0.05) is 33.1 Å². The summed E-state index contributed by atoms with van der Waals surface area (Å²) in [5, 5.41) is 3.09. The molecular formula is C17H28N2O2. The van der Waals surface area contributed by atoms with Crippen molar-refractivity contribution in [3.05, 3.63) is 0 Å². The van der Waals surface area contributed by atoms with E-state index in [4.69, 9.17) is 0 Å². The van der Waals surface area contributed by atoms with Crippen LogP contribution in [0.5, 0.6) is 0 Å². The molecule has 1 spiro atoms. The second-order valence-electron chi connectivity index (χ2n) is 8.00. The Morgan fingerprint density at radius 3 is 2.43 bits per heavy atom. The normalized spacial score (nSPS) is 32.1. The molecule has 3 rings (SSSR count). The van der Waals surface area contributed by atoms with Crippen LogP contribution in [0.3, 0.4) is 0 Å². The monoisotopic (exact) mass is 292 g/mol. The molecular weight excluding hydrogens is 264 g/mol. The van der Waals surface area contributed by atoms with E-state index in [1.54, 1.807) is 0 Å². The van der Waals surface area contributed by atoms with E-state index in [2.05, 4.69) is 24.1 Å². The lowest BCUT2D eigenvalue weighted by Gasteiger charge is -2.40. The zero-order valence-electron chi connectivity index (χ0n) is 13.4. The highest BCUT2D eigenvalue weighted by molar-refractivity contribution is 5.93. The number of hydrogen-bond acceptors (Lipinski definition) is 2. The maximum Gasteiger partial charge on any atom is 0.248 e. The summed E-state index contributed by atoms with van der Waals surface area (Å²) < 4.78 is 0. The van der Waals surface area contributed by atoms with E-state index in [0.29, 0.717) is 24.4 Å². The molecule has 0 aromatic rings. The average molecular weight is 292 g/mol. The Morgan fingerprint density at radius 1 is 1.10 bits per heavy atom. The molecule has 1 unspecified atom stereocenters. The number of nitrogens with zero attached hydrogens (tertiary/aromatic N) is 1. The maximum atomic E-state index is 13.2. The van der Waals surface area contributed by atoms with Crippen LogP contribution in [0.1, 0.15) is 71.6 Å². The number of nitrogens with one attached hydrogen (secondary N) is 1. The maximum absolute atomic E-state index is 13.2. The highest BCUT2D eigenvalue weighted by Gasteiger charge is 2.48. The minimum Gasteiger partial charge on any atom is -0.342 e. The SMILES string of the molecule is CC1(C)CCC(N2CCC(=O)NC3(CCCCC3)C2=O)C1. The lowest BCUT2D eigenvalue weighted by molar-refractivity contribution is -0.142. The van der Waals surface area contributed by atoms with Crippen LogP contribution in [0.4, 0.5) is 0 Å². The van der Waals surface area contributed by atoms with Gasteiger partial charge in [0.2, 0.25) is 11.8 Å². The van der Waals surface area contributed by atoms with E-state index in [9.17, 15) is 9.59 Å². The number of amides is 2. The van der Waals surface area contributed by atoms with Crippen molar-refractivity contribution in [1.29, 1.82) is 0 Å². The van der Waals surface area contributed by atoms with Crippen LogP contribution in [-0.2, 0) is 9.59 Å². The smallest absolute Gasteiger partial charge is 0.248 e. The fraction of sp³-hybridized carbons (Fsp3) is 0.882. The van der Waals surface area contributed by atoms with E-state index in [1.807, 2.05) is 0 Å². The van der Waals surface area contributed by atoms with Crippen LogP contribution >= 0.6 is 0 Å². The first-order valence-corrected chi connectivity index (χ1v) is 8.54. The van der Waals surface area contributed by atoms with Crippen LogP contribution in [-0.4, -0.2) is 34.8 Å². The predicted molar refractivity (Wildman–Crippen MR) is 81.7 cm³/mol. The first-order chi connectivity index (χ1) is 9.92. The second-order valence-corrected chi connectivity index (χ2v) is 8.00. The van der Waals surface area contributed by atoms with Gasteiger partial charge in [-0.3, -0.25) is 9.59 Å². The van der Waals surface area contributed by atoms with Crippen molar-refractivity contribution in [2.45, 2.75) is 83.2 Å². The molecule has 4 nitrogen and oxygen atoms in total. The van der Waals surface area contributed by atoms with Crippen molar-refractivity contribution < 1.29 is 9.59 Å². The van der Waals surface area contributed by atoms with Crippen LogP contribution in [0.25, 0.3) is 0 Å². The van der Waals surface area contributed by atoms with E-state index in [1.165, 1.54) is 12.8 Å². The molecule has 3 fully saturated rings. The molecule has 118 valence electrons. The summed E-state index contributed by atoms with van der Waals surface area (Å²) in [5.41, 5.74) is -0.257. The lowest BCUT2D eigenvalue weighted by Crippen LogP contribution is -2.59. The van der Waals surface area contributed by atoms with Gasteiger partial charge in [-0.25, -0.2) is 0 Å². The van der Waals surface area contributed by atoms with E-state index in [-0.39, 0.29) is 11.8 Å². The minimum absolute atomic E-state index is 0.0602. The van der Waals surface area contributed by atoms with Crippen molar-refractivity contribution in [1.82, 2.24) is 10.2 Å². The molecule has 2 aliphatic carbocycles. The molecule has 0 bridgehead atoms. The molecule has 1 aliphatic heterocycles. The summed E-state index contributed by atoms with van der Waals surface area (Å²) in [6.07, 6.45) is 8.73. The molecule has 0 radical (unpaired) electrons. The zero-order chi connectivity index (χ0) is 15.1. The fourth-order valence-electron chi connectivity index (χ4n) is 4.49. The van der Waals surface area contributed by atoms with Gasteiger partial charge in [-0.2, -0.15) is 0 Å². The molecule has 0 aromatic heterocycles. The van der Waals surface area contributed by atoms with Crippen molar-refractivity contribution >= 4 is 11.8 Å². The highest BCUT2D eigenvalue weighted by Crippen LogP contribution is 2.41. The third kappa shape index (κ3) is 2.82. The number of hydrogen-bond donors (Lipinski definition) is 1. The van der Waals surface area contributed by atoms with E-state index in [0.717, 1.165) is 38.5 Å². The van der Waals surface area contributed by atoms with Crippen molar-refractivity contribution in [3.63, 3.8) is 0 Å². The molecule has 2 amide bonds. The first kappa shape index (κ1) is 14.9. The molecule has 4 heteroatoms. The summed E-state index contributed by atoms with van der Waals surface area (Å²) in [6, 6.07) is 0.332. The van der Waals surface area contributed by atoms with Gasteiger partial charge < -0.3 is 10.2 Å². The Morgan fingerprint density at radius 2 is 1.81 bits per heavy atom. The predicted octanol–water partition coefficient (Wildman–Crippen LogP) is 2.62. The highest BCUT2D eigenvalue weighted by atomic mass is 16.2. The third-order valence-electron chi connectivity index (χ3n) is 5.72. The van der Waals surface area contributed by atoms with Gasteiger partial charge in [0.15, 0.2) is 0 Å². The topological polar surface area (TPSA) is 49.4 Å². The summed E-state index contributed by atoms with van der Waals surface area (Å²) in [4.78, 5) is 27.3. The molecule has 1 atom stereocenters. The quantitative estimate of drug-likeness (QED) is 0.807. The van der Waals surface area contributed by atoms with Crippen LogP contribution in [0.2, 0.25) is 0 Å². The van der Waals surface area contributed by atoms with E-state index >= 15 is 0 Å². The van der Waals surface area contributed by atoms with Crippen molar-refractivity contribution in [3.8, 4) is 0 Å². The Kier molecular flexibility index (Phi) is 3.74. The molecule has 0 aromatic carbocycles. The Balaban J connectivity index is 1.83. The van der Waals surface area contributed by atoms with Gasteiger partial charge in [0.05, 0.1) is 0 Å². The molecule has 1 saturated heterocycles. The van der Waals surface area contributed by atoms with Gasteiger partial charge in [-0.05, 0) is 37.5 Å². The fourth-order valence-corrected chi connectivity index (χ4v) is 4.49. The Bertz CT molecular complexity index is 438. The van der Waals surface area contributed by atoms with Gasteiger partial charge in [0, 0.05) is 19.0 Å². The van der Waals surface area contributed by atoms with Crippen molar-refractivity contribution in [2.24, 2.45) is 5.41 Å². The number of rotatable bonds is 1. The molecule has 2 saturated carbocycles. The van der Waals surface area contributed by atoms with Gasteiger partial charge in [0.25, 0.3) is 0 Å². The number of carbonyl (C=O) groups excluding carboxylic acids is 2. The first-order valence-electron chi connectivity index (χ1n) is 8.54. The van der Waals surface area contributed by atoms with Crippen molar-refractivity contribution in [2.75, 3.05) is 6.54 Å². The van der Waals surface area contributed by atoms with Gasteiger partial charge >= 0.3 is 0 Å². The summed E-state index contributed by atoms with van der Waals surface area (Å²) in [5.74, 6) is 0.265. The molecule has 21 heavy (non-hydrogen) atoms. The summed E-state index contributed by atoms with van der Waals surface area (Å²) in [7, 11) is 0. The summed E-state index contributed by atoms with van der Waals surface area (Å²) in [6.45, 7) is 5.18. The summed E-state index contributed by atoms with van der Waals surface area (Å²) >= 11 is 0. The second kappa shape index (κ2) is 5.29. The third-order valence-corrected chi connectivity index (χ3v) is 5.72. The van der Waals surface area contributed by atoms with Crippen LogP contribution in [0, 0.1) is 5.41 Å². The minimum atomic E-state index is -0.585. The van der Waals surface area contributed by atoms with Gasteiger partial charge in [-0.15, -0.1) is 0 Å². The Labute approximate surface area is 127 Å². The van der Waals surface area contributed by atoms with Crippen LogP contribution in [0.15, 0.2) is 0 Å². The molecule has 1 N–H and O–H groups in total. The largest absolute Gasteiger partial charge is 0.342 e. The van der Waals surface area contributed by atoms with Crippen LogP contribution < -0.4 is 5.32 Å². The molecule has 3 aliphatic rings. The standard InChI is InChI=1S/C17H28N2O2/c1-16(2)10-6-13(12-16)19-11-7-14(20)18-17(15(19)21)8-4-3-5-9-17/h13H,3-12H2,1-2H3,(H,18,20).